The van der Waals surface area contributed by atoms with Gasteiger partial charge in [0, 0.05) is 25.0 Å². The Bertz CT molecular complexity index is 622. The maximum atomic E-state index is 11.8. The van der Waals surface area contributed by atoms with E-state index in [4.69, 9.17) is 5.11 Å². The van der Waals surface area contributed by atoms with Crippen molar-refractivity contribution in [3.05, 3.63) is 47.8 Å². The molecule has 2 rings (SSSR count). The lowest BCUT2D eigenvalue weighted by Gasteiger charge is -2.12. The Hall–Kier alpha value is -2.34. The van der Waals surface area contributed by atoms with Gasteiger partial charge in [-0.3, -0.25) is 4.68 Å². The van der Waals surface area contributed by atoms with Gasteiger partial charge in [0.1, 0.15) is 0 Å². The molecule has 2 amide bonds. The van der Waals surface area contributed by atoms with Crippen molar-refractivity contribution in [3.63, 3.8) is 0 Å². The highest BCUT2D eigenvalue weighted by Crippen LogP contribution is 2.11. The molecule has 6 nitrogen and oxygen atoms in total. The van der Waals surface area contributed by atoms with Crippen LogP contribution < -0.4 is 10.6 Å². The third-order valence-corrected chi connectivity index (χ3v) is 3.55. The number of anilines is 1. The van der Waals surface area contributed by atoms with E-state index in [2.05, 4.69) is 15.7 Å². The fourth-order valence-corrected chi connectivity index (χ4v) is 2.20. The molecule has 2 aromatic rings. The van der Waals surface area contributed by atoms with E-state index < -0.39 is 0 Å². The first-order valence-electron chi connectivity index (χ1n) is 7.80. The number of benzene rings is 1. The van der Waals surface area contributed by atoms with E-state index >= 15 is 0 Å². The van der Waals surface area contributed by atoms with Gasteiger partial charge in [-0.2, -0.15) is 5.10 Å². The van der Waals surface area contributed by atoms with Crippen LogP contribution in [0.1, 0.15) is 24.5 Å². The third-order valence-electron chi connectivity index (χ3n) is 3.55. The number of carbonyl (C=O) groups is 1. The van der Waals surface area contributed by atoms with Crippen molar-refractivity contribution < 1.29 is 9.90 Å². The molecule has 6 heteroatoms. The van der Waals surface area contributed by atoms with Crippen molar-refractivity contribution in [1.82, 2.24) is 15.1 Å². The minimum Gasteiger partial charge on any atom is -0.396 e. The van der Waals surface area contributed by atoms with E-state index in [9.17, 15) is 4.79 Å². The predicted molar refractivity (Wildman–Crippen MR) is 90.4 cm³/mol. The van der Waals surface area contributed by atoms with Crippen LogP contribution in [0.4, 0.5) is 10.5 Å². The second kappa shape index (κ2) is 8.33. The molecule has 124 valence electrons. The van der Waals surface area contributed by atoms with Crippen LogP contribution in [0.3, 0.4) is 0 Å². The quantitative estimate of drug-likeness (QED) is 0.734. The highest BCUT2D eigenvalue weighted by molar-refractivity contribution is 5.89. The van der Waals surface area contributed by atoms with E-state index in [0.29, 0.717) is 19.5 Å². The number of hydrogen-bond donors (Lipinski definition) is 3. The monoisotopic (exact) mass is 316 g/mol. The number of aliphatic hydroxyl groups excluding tert-OH is 1. The Morgan fingerprint density at radius 3 is 2.70 bits per heavy atom. The Morgan fingerprint density at radius 1 is 1.35 bits per heavy atom. The van der Waals surface area contributed by atoms with E-state index in [1.165, 1.54) is 0 Å². The third kappa shape index (κ3) is 5.75. The van der Waals surface area contributed by atoms with E-state index in [1.807, 2.05) is 55.2 Å². The van der Waals surface area contributed by atoms with Crippen LogP contribution in [-0.4, -0.2) is 34.1 Å². The van der Waals surface area contributed by atoms with E-state index in [0.717, 1.165) is 16.8 Å². The first kappa shape index (κ1) is 17.0. The second-order valence-electron chi connectivity index (χ2n) is 5.86. The van der Waals surface area contributed by atoms with Crippen LogP contribution >= 0.6 is 0 Å². The van der Waals surface area contributed by atoms with Crippen molar-refractivity contribution in [2.24, 2.45) is 5.92 Å². The van der Waals surface area contributed by atoms with Crippen LogP contribution in [-0.2, 0) is 6.54 Å². The minimum absolute atomic E-state index is 0.141. The number of urea groups is 1. The molecule has 0 aliphatic rings. The lowest BCUT2D eigenvalue weighted by Crippen LogP contribution is -2.32. The van der Waals surface area contributed by atoms with Gasteiger partial charge in [-0.25, -0.2) is 4.79 Å². The van der Waals surface area contributed by atoms with Crippen LogP contribution in [0.2, 0.25) is 0 Å². The highest BCUT2D eigenvalue weighted by Gasteiger charge is 2.05. The molecule has 3 N–H and O–H groups in total. The number of hydrogen-bond acceptors (Lipinski definition) is 3. The summed E-state index contributed by atoms with van der Waals surface area (Å²) in [4.78, 5) is 11.8. The Balaban J connectivity index is 1.81. The average molecular weight is 316 g/mol. The topological polar surface area (TPSA) is 79.2 Å². The number of nitrogens with one attached hydrogen (secondary N) is 2. The first-order chi connectivity index (χ1) is 11.1. The molecule has 1 unspecified atom stereocenters. The summed E-state index contributed by atoms with van der Waals surface area (Å²) in [6.45, 7) is 5.39. The van der Waals surface area contributed by atoms with E-state index in [1.54, 1.807) is 0 Å². The molecule has 0 aliphatic heterocycles. The summed E-state index contributed by atoms with van der Waals surface area (Å²) < 4.78 is 1.88. The van der Waals surface area contributed by atoms with Gasteiger partial charge < -0.3 is 15.7 Å². The average Bonchev–Trinajstić information content (AvgIpc) is 2.93. The lowest BCUT2D eigenvalue weighted by atomic mass is 10.1. The van der Waals surface area contributed by atoms with Crippen molar-refractivity contribution in [3.8, 4) is 0 Å². The molecule has 23 heavy (non-hydrogen) atoms. The van der Waals surface area contributed by atoms with Crippen LogP contribution in [0.5, 0.6) is 0 Å². The van der Waals surface area contributed by atoms with Crippen molar-refractivity contribution >= 4 is 11.7 Å². The van der Waals surface area contributed by atoms with Gasteiger partial charge in [0.25, 0.3) is 0 Å². The zero-order valence-electron chi connectivity index (χ0n) is 13.6. The highest BCUT2D eigenvalue weighted by atomic mass is 16.3. The second-order valence-corrected chi connectivity index (χ2v) is 5.86. The maximum Gasteiger partial charge on any atom is 0.319 e. The number of rotatable bonds is 7. The molecule has 1 aromatic heterocycles. The summed E-state index contributed by atoms with van der Waals surface area (Å²) in [5.41, 5.74) is 3.00. The van der Waals surface area contributed by atoms with Crippen molar-refractivity contribution in [2.75, 3.05) is 18.5 Å². The van der Waals surface area contributed by atoms with Gasteiger partial charge in [0.15, 0.2) is 0 Å². The summed E-state index contributed by atoms with van der Waals surface area (Å²) in [5, 5.41) is 18.7. The molecule has 0 fully saturated rings. The molecule has 1 heterocycles. The number of aliphatic hydroxyl groups is 1. The van der Waals surface area contributed by atoms with Gasteiger partial charge in [-0.05, 0) is 42.5 Å². The molecular formula is C17H24N4O2. The van der Waals surface area contributed by atoms with Gasteiger partial charge >= 0.3 is 6.03 Å². The van der Waals surface area contributed by atoms with Gasteiger partial charge in [0.05, 0.1) is 12.7 Å². The SMILES string of the molecule is Cc1cnn(Cc2ccc(NC(=O)NCC(C)CCO)cc2)c1. The molecule has 0 aliphatic carbocycles. The predicted octanol–water partition coefficient (Wildman–Crippen LogP) is 2.38. The molecule has 0 saturated carbocycles. The number of carbonyl (C=O) groups excluding carboxylic acids is 1. The first-order valence-corrected chi connectivity index (χ1v) is 7.80. The molecule has 1 aromatic carbocycles. The Morgan fingerprint density at radius 2 is 2.09 bits per heavy atom. The fraction of sp³-hybridized carbons (Fsp3) is 0.412. The van der Waals surface area contributed by atoms with Gasteiger partial charge in [-0.1, -0.05) is 19.1 Å². The fourth-order valence-electron chi connectivity index (χ4n) is 2.20. The van der Waals surface area contributed by atoms with E-state index in [-0.39, 0.29) is 18.6 Å². The zero-order chi connectivity index (χ0) is 16.7. The Labute approximate surface area is 136 Å². The number of aromatic nitrogens is 2. The molecular weight excluding hydrogens is 292 g/mol. The number of amides is 2. The summed E-state index contributed by atoms with van der Waals surface area (Å²) >= 11 is 0. The minimum atomic E-state index is -0.231. The van der Waals surface area contributed by atoms with Crippen molar-refractivity contribution in [1.29, 1.82) is 0 Å². The normalized spacial score (nSPS) is 12.0. The largest absolute Gasteiger partial charge is 0.396 e. The van der Waals surface area contributed by atoms with Crippen molar-refractivity contribution in [2.45, 2.75) is 26.8 Å². The Kier molecular flexibility index (Phi) is 6.17. The van der Waals surface area contributed by atoms with Crippen LogP contribution in [0.15, 0.2) is 36.7 Å². The molecule has 0 spiro atoms. The summed E-state index contributed by atoms with van der Waals surface area (Å²) in [5.74, 6) is 0.255. The maximum absolute atomic E-state index is 11.8. The molecule has 0 radical (unpaired) electrons. The molecule has 0 bridgehead atoms. The van der Waals surface area contributed by atoms with Crippen LogP contribution in [0.25, 0.3) is 0 Å². The lowest BCUT2D eigenvalue weighted by molar-refractivity contribution is 0.243. The summed E-state index contributed by atoms with van der Waals surface area (Å²) in [7, 11) is 0. The number of aryl methyl sites for hydroxylation is 1. The van der Waals surface area contributed by atoms with Gasteiger partial charge in [-0.15, -0.1) is 0 Å². The molecule has 1 atom stereocenters. The van der Waals surface area contributed by atoms with Crippen LogP contribution in [0, 0.1) is 12.8 Å². The standard InChI is InChI=1S/C17H24N4O2/c1-13(7-8-22)9-18-17(23)20-16-5-3-15(4-6-16)12-21-11-14(2)10-19-21/h3-6,10-11,13,22H,7-9,12H2,1-2H3,(H2,18,20,23). The summed E-state index contributed by atoms with van der Waals surface area (Å²) in [6.07, 6.45) is 4.51. The smallest absolute Gasteiger partial charge is 0.319 e. The number of nitrogens with zero attached hydrogens (tertiary/aromatic N) is 2. The summed E-state index contributed by atoms with van der Waals surface area (Å²) in [6, 6.07) is 7.47. The zero-order valence-corrected chi connectivity index (χ0v) is 13.6. The van der Waals surface area contributed by atoms with Gasteiger partial charge in [0.2, 0.25) is 0 Å². The molecule has 0 saturated heterocycles.